The molecule has 0 radical (unpaired) electrons. The lowest BCUT2D eigenvalue weighted by molar-refractivity contribution is 0.102. The van der Waals surface area contributed by atoms with Crippen LogP contribution in [0.15, 0.2) is 59.1 Å². The van der Waals surface area contributed by atoms with E-state index in [-0.39, 0.29) is 5.91 Å². The molecular formula is C23H21BrN4O2. The number of rotatable bonds is 5. The number of hydrogen-bond acceptors (Lipinski definition) is 4. The number of fused-ring (bicyclic) bond motifs is 1. The highest BCUT2D eigenvalue weighted by Gasteiger charge is 2.12. The maximum atomic E-state index is 12.7. The third-order valence-corrected chi connectivity index (χ3v) is 5.47. The predicted octanol–water partition coefficient (Wildman–Crippen LogP) is 5.45. The maximum absolute atomic E-state index is 12.7. The second-order valence-corrected chi connectivity index (χ2v) is 7.85. The molecule has 152 valence electrons. The molecule has 0 atom stereocenters. The zero-order chi connectivity index (χ0) is 21.3. The quantitative estimate of drug-likeness (QED) is 0.426. The Morgan fingerprint density at radius 1 is 1.00 bits per heavy atom. The first-order valence-corrected chi connectivity index (χ1v) is 10.4. The summed E-state index contributed by atoms with van der Waals surface area (Å²) in [6.45, 7) is 6.62. The first-order chi connectivity index (χ1) is 14.4. The fourth-order valence-electron chi connectivity index (χ4n) is 3.08. The van der Waals surface area contributed by atoms with Crippen LogP contribution in [0.1, 0.15) is 28.4 Å². The average Bonchev–Trinajstić information content (AvgIpc) is 3.15. The lowest BCUT2D eigenvalue weighted by Crippen LogP contribution is -2.12. The molecule has 4 aromatic rings. The van der Waals surface area contributed by atoms with Gasteiger partial charge in [-0.25, -0.2) is 0 Å². The molecule has 30 heavy (non-hydrogen) atoms. The van der Waals surface area contributed by atoms with Gasteiger partial charge in [0.25, 0.3) is 5.91 Å². The van der Waals surface area contributed by atoms with Crippen molar-refractivity contribution in [1.29, 1.82) is 0 Å². The summed E-state index contributed by atoms with van der Waals surface area (Å²) in [6, 6.07) is 16.9. The molecule has 0 aliphatic heterocycles. The van der Waals surface area contributed by atoms with Crippen LogP contribution in [-0.2, 0) is 0 Å². The molecule has 4 rings (SSSR count). The first kappa shape index (κ1) is 20.1. The number of carbonyl (C=O) groups is 1. The van der Waals surface area contributed by atoms with Gasteiger partial charge in [-0.3, -0.25) is 4.79 Å². The Kier molecular flexibility index (Phi) is 5.55. The van der Waals surface area contributed by atoms with E-state index in [9.17, 15) is 4.79 Å². The number of nitrogens with one attached hydrogen (secondary N) is 1. The zero-order valence-electron chi connectivity index (χ0n) is 16.9. The van der Waals surface area contributed by atoms with Gasteiger partial charge >= 0.3 is 0 Å². The Bertz CT molecular complexity index is 1250. The number of anilines is 1. The standard InChI is InChI=1S/C23H21BrN4O2/c1-4-30-22-10-6-16(12-19(22)24)23(29)25-17-7-9-20-21(13-17)27-28(26-20)18-8-5-14(2)15(3)11-18/h5-13H,4H2,1-3H3,(H,25,29). The monoisotopic (exact) mass is 464 g/mol. The Morgan fingerprint density at radius 3 is 2.53 bits per heavy atom. The number of ether oxygens (including phenoxy) is 1. The van der Waals surface area contributed by atoms with Crippen LogP contribution in [0.3, 0.4) is 0 Å². The number of benzene rings is 3. The molecular weight excluding hydrogens is 444 g/mol. The second-order valence-electron chi connectivity index (χ2n) is 6.99. The van der Waals surface area contributed by atoms with Crippen LogP contribution in [0.2, 0.25) is 0 Å². The highest BCUT2D eigenvalue weighted by molar-refractivity contribution is 9.10. The molecule has 1 aromatic heterocycles. The molecule has 0 saturated heterocycles. The van der Waals surface area contributed by atoms with Gasteiger partial charge in [0.05, 0.1) is 16.8 Å². The van der Waals surface area contributed by atoms with Gasteiger partial charge in [-0.1, -0.05) is 6.07 Å². The lowest BCUT2D eigenvalue weighted by atomic mass is 10.1. The molecule has 0 unspecified atom stereocenters. The van der Waals surface area contributed by atoms with Crippen molar-refractivity contribution in [3.63, 3.8) is 0 Å². The summed E-state index contributed by atoms with van der Waals surface area (Å²) >= 11 is 3.44. The molecule has 0 spiro atoms. The van der Waals surface area contributed by atoms with E-state index in [0.29, 0.717) is 29.1 Å². The molecule has 0 aliphatic carbocycles. The first-order valence-electron chi connectivity index (χ1n) is 9.63. The van der Waals surface area contributed by atoms with Gasteiger partial charge in [0.1, 0.15) is 16.8 Å². The minimum atomic E-state index is -0.209. The summed E-state index contributed by atoms with van der Waals surface area (Å²) in [5, 5.41) is 12.0. The van der Waals surface area contributed by atoms with Crippen LogP contribution < -0.4 is 10.1 Å². The molecule has 0 bridgehead atoms. The van der Waals surface area contributed by atoms with Crippen molar-refractivity contribution < 1.29 is 9.53 Å². The van der Waals surface area contributed by atoms with E-state index >= 15 is 0 Å². The van der Waals surface area contributed by atoms with E-state index in [1.54, 1.807) is 23.0 Å². The molecule has 7 heteroatoms. The van der Waals surface area contributed by atoms with Gasteiger partial charge in [-0.15, -0.1) is 10.2 Å². The number of halogens is 1. The fourth-order valence-corrected chi connectivity index (χ4v) is 3.57. The highest BCUT2D eigenvalue weighted by Crippen LogP contribution is 2.26. The Morgan fingerprint density at radius 2 is 1.80 bits per heavy atom. The predicted molar refractivity (Wildman–Crippen MR) is 122 cm³/mol. The molecule has 1 N–H and O–H groups in total. The summed E-state index contributed by atoms with van der Waals surface area (Å²) in [5.74, 6) is 0.498. The molecule has 1 heterocycles. The number of aryl methyl sites for hydroxylation is 2. The lowest BCUT2D eigenvalue weighted by Gasteiger charge is -2.09. The van der Waals surface area contributed by atoms with Gasteiger partial charge in [0.2, 0.25) is 0 Å². The van der Waals surface area contributed by atoms with Crippen LogP contribution in [0.5, 0.6) is 5.75 Å². The van der Waals surface area contributed by atoms with Crippen LogP contribution in [0.4, 0.5) is 5.69 Å². The largest absolute Gasteiger partial charge is 0.493 e. The van der Waals surface area contributed by atoms with Gasteiger partial charge in [0.15, 0.2) is 0 Å². The Hall–Kier alpha value is -3.19. The number of carbonyl (C=O) groups excluding carboxylic acids is 1. The highest BCUT2D eigenvalue weighted by atomic mass is 79.9. The molecule has 0 aliphatic rings. The van der Waals surface area contributed by atoms with Crippen molar-refractivity contribution in [3.05, 3.63) is 75.8 Å². The van der Waals surface area contributed by atoms with Crippen LogP contribution in [0.25, 0.3) is 16.7 Å². The van der Waals surface area contributed by atoms with Crippen LogP contribution in [-0.4, -0.2) is 27.5 Å². The molecule has 1 amide bonds. The summed E-state index contributed by atoms with van der Waals surface area (Å²) < 4.78 is 6.23. The van der Waals surface area contributed by atoms with Crippen molar-refractivity contribution in [1.82, 2.24) is 15.0 Å². The molecule has 0 saturated carbocycles. The van der Waals surface area contributed by atoms with E-state index in [2.05, 4.69) is 57.4 Å². The number of aromatic nitrogens is 3. The van der Waals surface area contributed by atoms with Crippen molar-refractivity contribution >= 4 is 38.6 Å². The smallest absolute Gasteiger partial charge is 0.255 e. The third-order valence-electron chi connectivity index (χ3n) is 4.85. The minimum Gasteiger partial charge on any atom is -0.493 e. The summed E-state index contributed by atoms with van der Waals surface area (Å²) in [6.07, 6.45) is 0. The summed E-state index contributed by atoms with van der Waals surface area (Å²) in [7, 11) is 0. The number of amides is 1. The minimum absolute atomic E-state index is 0.209. The molecule has 0 fully saturated rings. The van der Waals surface area contributed by atoms with Gasteiger partial charge in [0, 0.05) is 11.3 Å². The maximum Gasteiger partial charge on any atom is 0.255 e. The Labute approximate surface area is 183 Å². The SMILES string of the molecule is CCOc1ccc(C(=O)Nc2ccc3nn(-c4ccc(C)c(C)c4)nc3c2)cc1Br. The molecule has 6 nitrogen and oxygen atoms in total. The topological polar surface area (TPSA) is 69.0 Å². The van der Waals surface area contributed by atoms with Gasteiger partial charge in [-0.2, -0.15) is 4.80 Å². The third kappa shape index (κ3) is 4.07. The number of hydrogen-bond donors (Lipinski definition) is 1. The number of nitrogens with zero attached hydrogens (tertiary/aromatic N) is 3. The van der Waals surface area contributed by atoms with E-state index < -0.39 is 0 Å². The normalized spacial score (nSPS) is 10.9. The van der Waals surface area contributed by atoms with Gasteiger partial charge < -0.3 is 10.1 Å². The van der Waals surface area contributed by atoms with E-state index in [0.717, 1.165) is 15.7 Å². The zero-order valence-corrected chi connectivity index (χ0v) is 18.5. The van der Waals surface area contributed by atoms with Crippen molar-refractivity contribution in [2.24, 2.45) is 0 Å². The fraction of sp³-hybridized carbons (Fsp3) is 0.174. The Balaban J connectivity index is 1.57. The average molecular weight is 465 g/mol. The van der Waals surface area contributed by atoms with Gasteiger partial charge in [-0.05, 0) is 96.4 Å². The van der Waals surface area contributed by atoms with Crippen molar-refractivity contribution in [2.75, 3.05) is 11.9 Å². The second kappa shape index (κ2) is 8.28. The van der Waals surface area contributed by atoms with E-state index in [4.69, 9.17) is 4.74 Å². The van der Waals surface area contributed by atoms with E-state index in [1.165, 1.54) is 11.1 Å². The van der Waals surface area contributed by atoms with Crippen molar-refractivity contribution in [2.45, 2.75) is 20.8 Å². The summed E-state index contributed by atoms with van der Waals surface area (Å²) in [4.78, 5) is 14.3. The van der Waals surface area contributed by atoms with Crippen LogP contribution in [0, 0.1) is 13.8 Å². The van der Waals surface area contributed by atoms with Crippen LogP contribution >= 0.6 is 15.9 Å². The van der Waals surface area contributed by atoms with Crippen molar-refractivity contribution in [3.8, 4) is 11.4 Å². The van der Waals surface area contributed by atoms with E-state index in [1.807, 2.05) is 31.2 Å². The summed E-state index contributed by atoms with van der Waals surface area (Å²) in [5.41, 5.74) is 5.96. The molecule has 3 aromatic carbocycles.